The summed E-state index contributed by atoms with van der Waals surface area (Å²) in [5.74, 6) is 1.21. The van der Waals surface area contributed by atoms with Crippen LogP contribution in [0.2, 0.25) is 0 Å². The van der Waals surface area contributed by atoms with Crippen molar-refractivity contribution in [1.29, 1.82) is 0 Å². The van der Waals surface area contributed by atoms with Crippen molar-refractivity contribution >= 4 is 11.1 Å². The molecule has 3 aromatic rings. The molecular formula is C36H42FN5. The topological polar surface area (TPSA) is 79.6 Å². The minimum Gasteiger partial charge on any atom is -0.399 e. The number of nitrogens with zero attached hydrogens (tertiary/aromatic N) is 2. The highest BCUT2D eigenvalue weighted by Gasteiger charge is 2.17. The van der Waals surface area contributed by atoms with E-state index < -0.39 is 0 Å². The molecule has 0 bridgehead atoms. The zero-order valence-corrected chi connectivity index (χ0v) is 24.8. The van der Waals surface area contributed by atoms with Gasteiger partial charge in [0, 0.05) is 47.9 Å². The second-order valence-electron chi connectivity index (χ2n) is 10.4. The van der Waals surface area contributed by atoms with E-state index in [9.17, 15) is 4.39 Å². The van der Waals surface area contributed by atoms with E-state index in [1.165, 1.54) is 31.7 Å². The Morgan fingerprint density at radius 1 is 1.21 bits per heavy atom. The monoisotopic (exact) mass is 563 g/mol. The molecule has 0 saturated heterocycles. The quantitative estimate of drug-likeness (QED) is 0.158. The highest BCUT2D eigenvalue weighted by Crippen LogP contribution is 2.28. The largest absolute Gasteiger partial charge is 0.399 e. The van der Waals surface area contributed by atoms with Gasteiger partial charge in [0.1, 0.15) is 11.6 Å². The number of aromatic nitrogens is 3. The summed E-state index contributed by atoms with van der Waals surface area (Å²) in [5, 5.41) is 3.59. The number of halogens is 1. The molecule has 218 valence electrons. The van der Waals surface area contributed by atoms with E-state index in [4.69, 9.17) is 10.7 Å². The lowest BCUT2D eigenvalue weighted by Crippen LogP contribution is -2.20. The third kappa shape index (κ3) is 8.52. The van der Waals surface area contributed by atoms with Crippen LogP contribution in [0.3, 0.4) is 0 Å². The smallest absolute Gasteiger partial charge is 0.131 e. The van der Waals surface area contributed by atoms with E-state index in [-0.39, 0.29) is 5.82 Å². The van der Waals surface area contributed by atoms with Crippen molar-refractivity contribution in [3.05, 3.63) is 131 Å². The predicted molar refractivity (Wildman–Crippen MR) is 174 cm³/mol. The van der Waals surface area contributed by atoms with Gasteiger partial charge in [-0.05, 0) is 79.6 Å². The number of nitrogens with two attached hydrogens (primary N) is 1. The van der Waals surface area contributed by atoms with E-state index in [0.717, 1.165) is 52.8 Å². The average Bonchev–Trinajstić information content (AvgIpc) is 3.66. The fraction of sp³-hybridized carbons (Fsp3) is 0.278. The zero-order valence-electron chi connectivity index (χ0n) is 24.8. The molecule has 4 rings (SSSR count). The van der Waals surface area contributed by atoms with Gasteiger partial charge in [-0.2, -0.15) is 0 Å². The first kappa shape index (κ1) is 32.0. The van der Waals surface area contributed by atoms with Gasteiger partial charge in [-0.25, -0.2) is 9.37 Å². The van der Waals surface area contributed by atoms with E-state index in [0.29, 0.717) is 28.9 Å². The molecule has 6 heteroatoms. The van der Waals surface area contributed by atoms with Crippen LogP contribution in [0.5, 0.6) is 0 Å². The lowest BCUT2D eigenvalue weighted by molar-refractivity contribution is 0.489. The number of allylic oxidation sites excluding steroid dienone is 6. The molecule has 0 aliphatic heterocycles. The first-order chi connectivity index (χ1) is 20.4. The molecule has 2 heterocycles. The van der Waals surface area contributed by atoms with Crippen molar-refractivity contribution in [3.8, 4) is 12.8 Å². The number of aromatic amines is 1. The van der Waals surface area contributed by atoms with Crippen LogP contribution < -0.4 is 11.1 Å². The summed E-state index contributed by atoms with van der Waals surface area (Å²) in [6, 6.07) is 8.82. The summed E-state index contributed by atoms with van der Waals surface area (Å²) in [4.78, 5) is 12.7. The Kier molecular flexibility index (Phi) is 12.3. The number of nitrogens with one attached hydrogen (secondary N) is 2. The maximum atomic E-state index is 14.7. The van der Waals surface area contributed by atoms with Crippen molar-refractivity contribution in [3.63, 3.8) is 0 Å². The molecule has 2 aromatic heterocycles. The summed E-state index contributed by atoms with van der Waals surface area (Å²) in [6.45, 7) is 13.8. The lowest BCUT2D eigenvalue weighted by atomic mass is 10.0. The van der Waals surface area contributed by atoms with Crippen LogP contribution in [-0.2, 0) is 13.0 Å². The Morgan fingerprint density at radius 2 is 1.95 bits per heavy atom. The predicted octanol–water partition coefficient (Wildman–Crippen LogP) is 7.44. The minimum absolute atomic E-state index is 0.306. The third-order valence-corrected chi connectivity index (χ3v) is 7.43. The number of imidazole rings is 1. The molecule has 0 amide bonds. The Morgan fingerprint density at radius 3 is 2.64 bits per heavy atom. The summed E-state index contributed by atoms with van der Waals surface area (Å²) in [6.07, 6.45) is 24.9. The van der Waals surface area contributed by atoms with Crippen molar-refractivity contribution in [2.45, 2.75) is 52.5 Å². The number of hydrogen-bond acceptors (Lipinski definition) is 4. The molecule has 4 N–H and O–H groups in total. The fourth-order valence-electron chi connectivity index (χ4n) is 5.25. The van der Waals surface area contributed by atoms with E-state index in [1.54, 1.807) is 24.3 Å². The van der Waals surface area contributed by atoms with Crippen LogP contribution >= 0.6 is 0 Å². The van der Waals surface area contributed by atoms with Gasteiger partial charge in [0.15, 0.2) is 0 Å². The van der Waals surface area contributed by atoms with E-state index in [2.05, 4.69) is 47.4 Å². The Hall–Kier alpha value is -4.47. The van der Waals surface area contributed by atoms with E-state index >= 15 is 0 Å². The highest BCUT2D eigenvalue weighted by molar-refractivity contribution is 5.80. The van der Waals surface area contributed by atoms with Crippen LogP contribution in [0.4, 0.5) is 4.39 Å². The maximum Gasteiger partial charge on any atom is 0.131 e. The first-order valence-electron chi connectivity index (χ1n) is 14.3. The van der Waals surface area contributed by atoms with Crippen LogP contribution in [0, 0.1) is 31.5 Å². The molecule has 0 radical (unpaired) electrons. The fourth-order valence-corrected chi connectivity index (χ4v) is 5.25. The Labute approximate surface area is 250 Å². The van der Waals surface area contributed by atoms with Crippen molar-refractivity contribution in [1.82, 2.24) is 20.3 Å². The van der Waals surface area contributed by atoms with Gasteiger partial charge in [-0.15, -0.1) is 12.8 Å². The summed E-state index contributed by atoms with van der Waals surface area (Å²) >= 11 is 0. The molecular weight excluding hydrogens is 521 g/mol. The number of pyridine rings is 1. The number of benzene rings is 1. The van der Waals surface area contributed by atoms with Crippen LogP contribution in [0.25, 0.3) is 11.1 Å². The maximum absolute atomic E-state index is 14.7. The SMILES string of the molecule is C#C.C=C/C=C(/c1ccccc1F)c1nc(CC(=C/C(=C)c2cncc(CNCC3CCCC3)c2)/C(N)=C\C)[nH]c1C. The third-order valence-electron chi connectivity index (χ3n) is 7.43. The second-order valence-corrected chi connectivity index (χ2v) is 10.4. The number of hydrogen-bond donors (Lipinski definition) is 3. The van der Waals surface area contributed by atoms with Crippen molar-refractivity contribution < 1.29 is 4.39 Å². The molecule has 0 spiro atoms. The molecule has 0 unspecified atom stereocenters. The van der Waals surface area contributed by atoms with Crippen LogP contribution in [-0.4, -0.2) is 21.5 Å². The van der Waals surface area contributed by atoms with Crippen LogP contribution in [0.15, 0.2) is 91.5 Å². The molecule has 1 saturated carbocycles. The normalized spacial score (nSPS) is 14.4. The van der Waals surface area contributed by atoms with Gasteiger partial charge in [-0.3, -0.25) is 4.98 Å². The molecule has 1 fully saturated rings. The minimum atomic E-state index is -0.306. The van der Waals surface area contributed by atoms with Crippen LogP contribution in [0.1, 0.15) is 66.5 Å². The number of rotatable bonds is 12. The van der Waals surface area contributed by atoms with Crippen molar-refractivity contribution in [2.75, 3.05) is 6.54 Å². The molecule has 1 aliphatic rings. The Balaban J connectivity index is 0.00000237. The van der Waals surface area contributed by atoms with Gasteiger partial charge in [0.2, 0.25) is 0 Å². The highest BCUT2D eigenvalue weighted by atomic mass is 19.1. The van der Waals surface area contributed by atoms with Crippen molar-refractivity contribution in [2.24, 2.45) is 11.7 Å². The zero-order chi connectivity index (χ0) is 30.5. The second kappa shape index (κ2) is 16.1. The molecule has 1 aliphatic carbocycles. The number of terminal acetylenes is 1. The summed E-state index contributed by atoms with van der Waals surface area (Å²) < 4.78 is 14.7. The van der Waals surface area contributed by atoms with Gasteiger partial charge >= 0.3 is 0 Å². The molecule has 1 aromatic carbocycles. The molecule has 0 atom stereocenters. The first-order valence-corrected chi connectivity index (χ1v) is 14.3. The van der Waals surface area contributed by atoms with Gasteiger partial charge < -0.3 is 16.0 Å². The van der Waals surface area contributed by atoms with Gasteiger partial charge in [-0.1, -0.05) is 62.4 Å². The molecule has 42 heavy (non-hydrogen) atoms. The standard InChI is InChI=1S/C34H40FN5.C2H2/c1-5-11-30(29-14-9-10-15-31(29)35)34-24(4)39-33(40-34)18-27(32(36)6-2)16-23(3)28-17-26(21-38-22-28)20-37-19-25-12-7-8-13-25;1-2/h5-6,9-11,14-17,21-22,25,37H,1,3,7-8,12-13,18-20,36H2,2,4H3,(H,39,40);1-2H/b27-16-,30-11-,32-6+;. The molecule has 5 nitrogen and oxygen atoms in total. The van der Waals surface area contributed by atoms with E-state index in [1.807, 2.05) is 44.5 Å². The lowest BCUT2D eigenvalue weighted by Gasteiger charge is -2.12. The Bertz CT molecular complexity index is 1480. The van der Waals surface area contributed by atoms with Gasteiger partial charge in [0.05, 0.1) is 5.69 Å². The average molecular weight is 564 g/mol. The number of aryl methyl sites for hydroxylation is 1. The summed E-state index contributed by atoms with van der Waals surface area (Å²) in [7, 11) is 0. The number of H-pyrrole nitrogens is 1. The summed E-state index contributed by atoms with van der Waals surface area (Å²) in [5.41, 5.74) is 13.5. The van der Waals surface area contributed by atoms with Gasteiger partial charge in [0.25, 0.3) is 0 Å².